The number of pyridine rings is 1. The lowest BCUT2D eigenvalue weighted by molar-refractivity contribution is 0.194. The molecule has 0 saturated carbocycles. The van der Waals surface area contributed by atoms with Crippen LogP contribution >= 0.6 is 11.8 Å². The summed E-state index contributed by atoms with van der Waals surface area (Å²) < 4.78 is 29.0. The molecule has 1 aromatic carbocycles. The van der Waals surface area contributed by atoms with Crippen LogP contribution < -0.4 is 9.47 Å². The van der Waals surface area contributed by atoms with Crippen LogP contribution in [0.2, 0.25) is 0 Å². The first-order valence-corrected chi connectivity index (χ1v) is 12.7. The van der Waals surface area contributed by atoms with Crippen molar-refractivity contribution in [2.24, 2.45) is 4.99 Å². The van der Waals surface area contributed by atoms with E-state index in [1.165, 1.54) is 0 Å². The molecule has 0 bridgehead atoms. The van der Waals surface area contributed by atoms with Gasteiger partial charge in [0.05, 0.1) is 30.1 Å². The first kappa shape index (κ1) is 25.9. The Hall–Kier alpha value is -2.69. The van der Waals surface area contributed by atoms with Gasteiger partial charge in [-0.15, -0.1) is 0 Å². The lowest BCUT2D eigenvalue weighted by Crippen LogP contribution is -2.13. The maximum atomic E-state index is 9.22. The zero-order chi connectivity index (χ0) is 24.5. The van der Waals surface area contributed by atoms with Gasteiger partial charge in [0.1, 0.15) is 22.3 Å². The molecule has 1 aliphatic rings. The highest BCUT2D eigenvalue weighted by atomic mass is 32.2. The van der Waals surface area contributed by atoms with Crippen molar-refractivity contribution in [2.45, 2.75) is 51.4 Å². The number of nitrogens with one attached hydrogen (secondary N) is 1. The van der Waals surface area contributed by atoms with Gasteiger partial charge in [-0.2, -0.15) is 8.42 Å². The van der Waals surface area contributed by atoms with Gasteiger partial charge in [0.2, 0.25) is 0 Å². The van der Waals surface area contributed by atoms with E-state index in [1.807, 2.05) is 31.2 Å². The molecule has 0 saturated heterocycles. The summed E-state index contributed by atoms with van der Waals surface area (Å²) in [5.41, 5.74) is 2.87. The maximum Gasteiger partial charge on any atom is 0.335 e. The van der Waals surface area contributed by atoms with Crippen LogP contribution in [0.4, 0.5) is 0 Å². The Morgan fingerprint density at radius 3 is 2.62 bits per heavy atom. The molecule has 2 N–H and O–H groups in total. The molecular formula is C24H29N3O5S2. The van der Waals surface area contributed by atoms with E-state index in [2.05, 4.69) is 34.9 Å². The number of aryl methyl sites for hydroxylation is 1. The Bertz CT molecular complexity index is 1150. The Labute approximate surface area is 206 Å². The van der Waals surface area contributed by atoms with Gasteiger partial charge in [0, 0.05) is 29.0 Å². The van der Waals surface area contributed by atoms with Crippen LogP contribution in [0.15, 0.2) is 41.5 Å². The maximum absolute atomic E-state index is 9.22. The van der Waals surface area contributed by atoms with Crippen LogP contribution in [0, 0.1) is 6.92 Å². The number of ether oxygens (including phenoxy) is 2. The molecule has 0 spiro atoms. The Morgan fingerprint density at radius 2 is 1.97 bits per heavy atom. The van der Waals surface area contributed by atoms with E-state index in [0.717, 1.165) is 58.9 Å². The van der Waals surface area contributed by atoms with Crippen LogP contribution in [0.25, 0.3) is 10.9 Å². The van der Waals surface area contributed by atoms with Gasteiger partial charge in [-0.25, -0.2) is 0 Å². The van der Waals surface area contributed by atoms with Gasteiger partial charge in [0.25, 0.3) is 0 Å². The van der Waals surface area contributed by atoms with Crippen molar-refractivity contribution in [1.82, 2.24) is 9.97 Å². The first-order valence-electron chi connectivity index (χ1n) is 11.2. The molecular weight excluding hydrogens is 474 g/mol. The largest absolute Gasteiger partial charge is 0.488 e. The molecule has 1 aliphatic heterocycles. The molecule has 0 aliphatic carbocycles. The average molecular weight is 504 g/mol. The molecule has 1 atom stereocenters. The normalized spacial score (nSPS) is 15.1. The van der Waals surface area contributed by atoms with Gasteiger partial charge in [-0.3, -0.25) is 9.98 Å². The van der Waals surface area contributed by atoms with Crippen molar-refractivity contribution in [3.8, 4) is 17.2 Å². The molecule has 4 rings (SSSR count). The van der Waals surface area contributed by atoms with E-state index in [1.54, 1.807) is 18.0 Å². The molecule has 34 heavy (non-hydrogen) atoms. The molecule has 0 radical (unpaired) electrons. The Kier molecular flexibility index (Phi) is 9.67. The molecule has 3 heterocycles. The van der Waals surface area contributed by atoms with Crippen molar-refractivity contribution in [2.75, 3.05) is 13.2 Å². The number of hydrogen-bond donors (Lipinski definition) is 2. The minimum Gasteiger partial charge on any atom is -0.488 e. The summed E-state index contributed by atoms with van der Waals surface area (Å²) in [5, 5.41) is 11.6. The summed E-state index contributed by atoms with van der Waals surface area (Å²) in [7, 11) is 0. The molecule has 0 amide bonds. The lowest BCUT2D eigenvalue weighted by atomic mass is 10.2. The molecule has 182 valence electrons. The second kappa shape index (κ2) is 12.7. The first-order chi connectivity index (χ1) is 16.5. The third-order valence-electron chi connectivity index (χ3n) is 5.39. The van der Waals surface area contributed by atoms with E-state index >= 15 is 0 Å². The average Bonchev–Trinajstić information content (AvgIpc) is 3.47. The molecule has 3 aromatic rings. The van der Waals surface area contributed by atoms with Gasteiger partial charge < -0.3 is 19.6 Å². The Balaban J connectivity index is 0.00000103. The van der Waals surface area contributed by atoms with E-state index in [0.29, 0.717) is 16.7 Å². The summed E-state index contributed by atoms with van der Waals surface area (Å²) >= 11 is 0.969. The second-order valence-corrected chi connectivity index (χ2v) is 9.25. The number of aliphatic hydroxyl groups is 1. The molecule has 2 aromatic heterocycles. The van der Waals surface area contributed by atoms with Crippen molar-refractivity contribution in [3.63, 3.8) is 0 Å². The number of aromatic nitrogens is 2. The highest BCUT2D eigenvalue weighted by Crippen LogP contribution is 2.36. The summed E-state index contributed by atoms with van der Waals surface area (Å²) in [5.74, 6) is 2.18. The van der Waals surface area contributed by atoms with E-state index in [-0.39, 0.29) is 12.7 Å². The molecule has 10 heteroatoms. The van der Waals surface area contributed by atoms with Crippen LogP contribution in [0.3, 0.4) is 0 Å². The fraction of sp³-hybridized carbons (Fsp3) is 0.417. The van der Waals surface area contributed by atoms with Crippen molar-refractivity contribution < 1.29 is 23.0 Å². The minimum atomic E-state index is -0.750. The third kappa shape index (κ3) is 6.68. The predicted octanol–water partition coefficient (Wildman–Crippen LogP) is 4.81. The predicted molar refractivity (Wildman–Crippen MR) is 136 cm³/mol. The third-order valence-corrected chi connectivity index (χ3v) is 6.68. The lowest BCUT2D eigenvalue weighted by Gasteiger charge is -2.17. The van der Waals surface area contributed by atoms with Crippen LogP contribution in [-0.2, 0) is 11.6 Å². The number of H-pyrrole nitrogens is 1. The van der Waals surface area contributed by atoms with Crippen molar-refractivity contribution in [3.05, 3.63) is 47.9 Å². The zero-order valence-corrected chi connectivity index (χ0v) is 21.1. The van der Waals surface area contributed by atoms with Crippen molar-refractivity contribution >= 4 is 39.3 Å². The summed E-state index contributed by atoms with van der Waals surface area (Å²) in [6, 6.07) is 9.91. The minimum absolute atomic E-state index is 0.137. The topological polar surface area (TPSA) is 114 Å². The summed E-state index contributed by atoms with van der Waals surface area (Å²) in [6.45, 7) is 7.15. The molecule has 8 nitrogen and oxygen atoms in total. The van der Waals surface area contributed by atoms with E-state index in [4.69, 9.17) is 17.9 Å². The number of thioether (sulfide) groups is 1. The second-order valence-electron chi connectivity index (χ2n) is 7.83. The number of benzene rings is 1. The SMILES string of the molecule is CCC(CC)Oc1cc(Oc2ccc(C)nc2)cc2cc(C3=NCC(CCO)S3)[nH]c12.O=S=O. The number of aromatic amines is 1. The van der Waals surface area contributed by atoms with Gasteiger partial charge in [-0.05, 0) is 50.5 Å². The highest BCUT2D eigenvalue weighted by molar-refractivity contribution is 8.15. The number of rotatable bonds is 9. The smallest absolute Gasteiger partial charge is 0.335 e. The Morgan fingerprint density at radius 1 is 1.21 bits per heavy atom. The number of aliphatic imine (C=N–C) groups is 1. The number of nitrogens with zero attached hydrogens (tertiary/aromatic N) is 2. The zero-order valence-electron chi connectivity index (χ0n) is 19.4. The molecule has 0 fully saturated rings. The fourth-order valence-electron chi connectivity index (χ4n) is 3.60. The number of hydrogen-bond acceptors (Lipinski definition) is 8. The standard InChI is InChI=1S/C24H29N3O3S.O2S/c1-4-17(5-2)30-22-12-19(29-18-7-6-15(3)25-13-18)10-16-11-21(27-23(16)22)24-26-14-20(31-24)8-9-28;1-3-2/h6-7,10-13,17,20,27-28H,4-5,8-9,14H2,1-3H3;. The monoisotopic (exact) mass is 503 g/mol. The highest BCUT2D eigenvalue weighted by Gasteiger charge is 2.23. The number of fused-ring (bicyclic) bond motifs is 1. The fourth-order valence-corrected chi connectivity index (χ4v) is 4.67. The van der Waals surface area contributed by atoms with E-state index < -0.39 is 11.6 Å². The van der Waals surface area contributed by atoms with Gasteiger partial charge in [-0.1, -0.05) is 25.6 Å². The van der Waals surface area contributed by atoms with Gasteiger partial charge in [0.15, 0.2) is 0 Å². The van der Waals surface area contributed by atoms with Crippen LogP contribution in [-0.4, -0.2) is 53.0 Å². The van der Waals surface area contributed by atoms with Gasteiger partial charge >= 0.3 is 11.6 Å². The number of aliphatic hydroxyl groups excluding tert-OH is 1. The summed E-state index contributed by atoms with van der Waals surface area (Å²) in [6.07, 6.45) is 4.49. The van der Waals surface area contributed by atoms with Crippen LogP contribution in [0.1, 0.15) is 44.5 Å². The van der Waals surface area contributed by atoms with Crippen molar-refractivity contribution in [1.29, 1.82) is 0 Å². The summed E-state index contributed by atoms with van der Waals surface area (Å²) in [4.78, 5) is 12.5. The quantitative estimate of drug-likeness (QED) is 0.431. The van der Waals surface area contributed by atoms with E-state index in [9.17, 15) is 5.11 Å². The van der Waals surface area contributed by atoms with Crippen LogP contribution in [0.5, 0.6) is 17.2 Å². The molecule has 1 unspecified atom stereocenters.